The first-order valence-electron chi connectivity index (χ1n) is 8.59. The van der Waals surface area contributed by atoms with Crippen molar-refractivity contribution in [3.63, 3.8) is 0 Å². The number of nitrogens with zero attached hydrogens (tertiary/aromatic N) is 1. The maximum absolute atomic E-state index is 13.2. The molecule has 0 aromatic heterocycles. The summed E-state index contributed by atoms with van der Waals surface area (Å²) in [6.07, 6.45) is 1.62. The topological polar surface area (TPSA) is 58.6 Å². The van der Waals surface area contributed by atoms with E-state index < -0.39 is 17.4 Å². The molecule has 140 valence electrons. The second-order valence-electron chi connectivity index (χ2n) is 6.69. The summed E-state index contributed by atoms with van der Waals surface area (Å²) in [7, 11) is 0. The van der Waals surface area contributed by atoms with Crippen molar-refractivity contribution < 1.29 is 14.3 Å². The molecule has 0 saturated carbocycles. The number of carbonyl (C=O) groups excluding carboxylic acids is 2. The van der Waals surface area contributed by atoms with Gasteiger partial charge in [0.05, 0.1) is 5.69 Å². The summed E-state index contributed by atoms with van der Waals surface area (Å²) >= 11 is 5.92. The number of anilines is 1. The average Bonchev–Trinajstić information content (AvgIpc) is 2.64. The van der Waals surface area contributed by atoms with Crippen LogP contribution in [0, 0.1) is 6.92 Å². The molecule has 0 fully saturated rings. The molecule has 6 heteroatoms. The second-order valence-corrected chi connectivity index (χ2v) is 7.13. The minimum absolute atomic E-state index is 0.286. The van der Waals surface area contributed by atoms with E-state index in [0.29, 0.717) is 23.0 Å². The predicted octanol–water partition coefficient (Wildman–Crippen LogP) is 3.95. The van der Waals surface area contributed by atoms with Crippen molar-refractivity contribution >= 4 is 29.1 Å². The highest BCUT2D eigenvalue weighted by Crippen LogP contribution is 2.35. The van der Waals surface area contributed by atoms with E-state index in [0.717, 1.165) is 11.1 Å². The van der Waals surface area contributed by atoms with Gasteiger partial charge in [0.2, 0.25) is 0 Å². The number of halogens is 1. The van der Waals surface area contributed by atoms with Gasteiger partial charge >= 0.3 is 0 Å². The maximum atomic E-state index is 13.2. The molecular weight excluding hydrogens is 364 g/mol. The summed E-state index contributed by atoms with van der Waals surface area (Å²) in [6, 6.07) is 12.6. The van der Waals surface area contributed by atoms with Gasteiger partial charge < -0.3 is 15.0 Å². The molecule has 1 aliphatic rings. The summed E-state index contributed by atoms with van der Waals surface area (Å²) < 4.78 is 5.87. The molecule has 1 aliphatic heterocycles. The van der Waals surface area contributed by atoms with Crippen LogP contribution in [0.1, 0.15) is 18.1 Å². The lowest BCUT2D eigenvalue weighted by atomic mass is 9.99. The third-order valence-electron chi connectivity index (χ3n) is 4.46. The Labute approximate surface area is 163 Å². The van der Waals surface area contributed by atoms with E-state index in [1.165, 1.54) is 11.8 Å². The molecule has 1 heterocycles. The van der Waals surface area contributed by atoms with Gasteiger partial charge in [-0.15, -0.1) is 6.58 Å². The van der Waals surface area contributed by atoms with Crippen LogP contribution in [0.5, 0.6) is 5.75 Å². The van der Waals surface area contributed by atoms with Crippen molar-refractivity contribution in [3.05, 3.63) is 71.3 Å². The highest BCUT2D eigenvalue weighted by Gasteiger charge is 2.49. The van der Waals surface area contributed by atoms with Crippen molar-refractivity contribution in [1.82, 2.24) is 4.90 Å². The van der Waals surface area contributed by atoms with Crippen molar-refractivity contribution in [2.75, 3.05) is 11.9 Å². The molecule has 2 aromatic carbocycles. The van der Waals surface area contributed by atoms with E-state index in [-0.39, 0.29) is 6.54 Å². The average molecular weight is 385 g/mol. The van der Waals surface area contributed by atoms with E-state index in [1.807, 2.05) is 31.2 Å². The van der Waals surface area contributed by atoms with Crippen molar-refractivity contribution in [3.8, 4) is 5.75 Å². The lowest BCUT2D eigenvalue weighted by molar-refractivity contribution is -0.154. The van der Waals surface area contributed by atoms with E-state index in [1.54, 1.807) is 24.3 Å². The number of ether oxygens (including phenoxy) is 1. The molecule has 0 radical (unpaired) electrons. The Balaban J connectivity index is 1.88. The summed E-state index contributed by atoms with van der Waals surface area (Å²) in [5, 5.41) is 3.41. The van der Waals surface area contributed by atoms with Gasteiger partial charge in [0.1, 0.15) is 5.75 Å². The number of carbonyl (C=O) groups is 2. The van der Waals surface area contributed by atoms with Crippen LogP contribution in [0.3, 0.4) is 0 Å². The molecule has 1 N–H and O–H groups in total. The van der Waals surface area contributed by atoms with Gasteiger partial charge in [-0.05, 0) is 49.2 Å². The normalized spacial score (nSPS) is 18.1. The number of rotatable bonds is 5. The number of amides is 2. The summed E-state index contributed by atoms with van der Waals surface area (Å²) in [5.41, 5.74) is 0.796. The van der Waals surface area contributed by atoms with Crippen LogP contribution >= 0.6 is 11.6 Å². The Kier molecular flexibility index (Phi) is 5.24. The van der Waals surface area contributed by atoms with E-state index >= 15 is 0 Å². The number of hydrogen-bond donors (Lipinski definition) is 1. The van der Waals surface area contributed by atoms with Gasteiger partial charge in [0, 0.05) is 18.1 Å². The number of aryl methyl sites for hydroxylation is 1. The fraction of sp³-hybridized carbons (Fsp3) is 0.238. The van der Waals surface area contributed by atoms with Gasteiger partial charge in [-0.1, -0.05) is 35.9 Å². The maximum Gasteiger partial charge on any atom is 0.278 e. The Morgan fingerprint density at radius 3 is 2.67 bits per heavy atom. The lowest BCUT2D eigenvalue weighted by Gasteiger charge is -2.37. The van der Waals surface area contributed by atoms with Crippen LogP contribution in [0.25, 0.3) is 0 Å². The van der Waals surface area contributed by atoms with Gasteiger partial charge in [-0.3, -0.25) is 9.59 Å². The molecule has 2 aromatic rings. The minimum Gasteiger partial charge on any atom is -0.466 e. The monoisotopic (exact) mass is 384 g/mol. The van der Waals surface area contributed by atoms with E-state index in [2.05, 4.69) is 11.9 Å². The zero-order valence-corrected chi connectivity index (χ0v) is 16.0. The van der Waals surface area contributed by atoms with Crippen molar-refractivity contribution in [2.24, 2.45) is 0 Å². The third-order valence-corrected chi connectivity index (χ3v) is 4.71. The number of fused-ring (bicyclic) bond motifs is 1. The molecule has 27 heavy (non-hydrogen) atoms. The smallest absolute Gasteiger partial charge is 0.278 e. The molecule has 0 saturated heterocycles. The summed E-state index contributed by atoms with van der Waals surface area (Å²) in [4.78, 5) is 27.5. The van der Waals surface area contributed by atoms with Gasteiger partial charge in [0.15, 0.2) is 0 Å². The molecular formula is C21H21ClN2O3. The van der Waals surface area contributed by atoms with Gasteiger partial charge in [-0.2, -0.15) is 0 Å². The third kappa shape index (κ3) is 3.83. The molecule has 0 aliphatic carbocycles. The van der Waals surface area contributed by atoms with Crippen LogP contribution in [0.15, 0.2) is 55.1 Å². The Morgan fingerprint density at radius 2 is 2.00 bits per heavy atom. The highest BCUT2D eigenvalue weighted by atomic mass is 35.5. The van der Waals surface area contributed by atoms with Crippen LogP contribution in [-0.4, -0.2) is 28.9 Å². The first-order valence-corrected chi connectivity index (χ1v) is 8.97. The SMILES string of the molecule is C=CCN(Cc1ccc(Cl)cc1)C(=O)C1(C)Oc2ccc(C)cc2NC1=O. The second kappa shape index (κ2) is 7.45. The quantitative estimate of drug-likeness (QED) is 0.627. The molecule has 0 bridgehead atoms. The standard InChI is InChI=1S/C21H21ClN2O3/c1-4-11-24(13-15-6-8-16(22)9-7-15)20(26)21(3)19(25)23-17-12-14(2)5-10-18(17)27-21/h4-10,12H,1,11,13H2,2-3H3,(H,23,25). The Hall–Kier alpha value is -2.79. The van der Waals surface area contributed by atoms with Crippen LogP contribution in [0.2, 0.25) is 5.02 Å². The first-order chi connectivity index (χ1) is 12.8. The van der Waals surface area contributed by atoms with E-state index in [4.69, 9.17) is 16.3 Å². The Bertz CT molecular complexity index is 895. The molecule has 0 spiro atoms. The lowest BCUT2D eigenvalue weighted by Crippen LogP contribution is -2.59. The number of nitrogens with one attached hydrogen (secondary N) is 1. The summed E-state index contributed by atoms with van der Waals surface area (Å²) in [6.45, 7) is 7.73. The molecule has 5 nitrogen and oxygen atoms in total. The molecule has 2 amide bonds. The van der Waals surface area contributed by atoms with Gasteiger partial charge in [0.25, 0.3) is 17.4 Å². The predicted molar refractivity (Wildman–Crippen MR) is 106 cm³/mol. The van der Waals surface area contributed by atoms with Crippen molar-refractivity contribution in [2.45, 2.75) is 26.0 Å². The molecule has 1 atom stereocenters. The fourth-order valence-electron chi connectivity index (χ4n) is 2.97. The highest BCUT2D eigenvalue weighted by molar-refractivity contribution is 6.30. The van der Waals surface area contributed by atoms with Gasteiger partial charge in [-0.25, -0.2) is 0 Å². The van der Waals surface area contributed by atoms with Crippen molar-refractivity contribution in [1.29, 1.82) is 0 Å². The molecule has 1 unspecified atom stereocenters. The summed E-state index contributed by atoms with van der Waals surface area (Å²) in [5.74, 6) is -0.446. The zero-order chi connectivity index (χ0) is 19.6. The Morgan fingerprint density at radius 1 is 1.30 bits per heavy atom. The van der Waals surface area contributed by atoms with Crippen LogP contribution in [0.4, 0.5) is 5.69 Å². The number of benzene rings is 2. The number of hydrogen-bond acceptors (Lipinski definition) is 3. The van der Waals surface area contributed by atoms with E-state index in [9.17, 15) is 9.59 Å². The fourth-order valence-corrected chi connectivity index (χ4v) is 3.09. The minimum atomic E-state index is -1.66. The largest absolute Gasteiger partial charge is 0.466 e. The first kappa shape index (κ1) is 19.0. The zero-order valence-electron chi connectivity index (χ0n) is 15.3. The van der Waals surface area contributed by atoms with Crippen LogP contribution < -0.4 is 10.1 Å². The van der Waals surface area contributed by atoms with Crippen LogP contribution in [-0.2, 0) is 16.1 Å². The molecule has 3 rings (SSSR count).